The van der Waals surface area contributed by atoms with Gasteiger partial charge >= 0.3 is 6.11 Å². The first-order valence-corrected chi connectivity index (χ1v) is 8.93. The van der Waals surface area contributed by atoms with Gasteiger partial charge < -0.3 is 4.74 Å². The summed E-state index contributed by atoms with van der Waals surface area (Å²) in [6, 6.07) is 1.79. The molecule has 0 heterocycles. The average Bonchev–Trinajstić information content (AvgIpc) is 2.43. The molecule has 0 aromatic heterocycles. The van der Waals surface area contributed by atoms with Gasteiger partial charge in [-0.2, -0.15) is 8.78 Å². The largest absolute Gasteiger partial charge is 0.379 e. The number of carbonyl (C=O) groups excluding carboxylic acids is 1. The normalized spacial score (nSPS) is 13.0. The minimum atomic E-state index is -4.02. The molecule has 0 saturated carbocycles. The molecular weight excluding hydrogens is 601 g/mol. The first-order chi connectivity index (χ1) is 10.9. The molecule has 1 unspecified atom stereocenters. The van der Waals surface area contributed by atoms with E-state index < -0.39 is 47.8 Å². The van der Waals surface area contributed by atoms with E-state index in [4.69, 9.17) is 0 Å². The highest BCUT2D eigenvalue weighted by molar-refractivity contribution is 14.1. The highest BCUT2D eigenvalue weighted by Gasteiger charge is 2.46. The van der Waals surface area contributed by atoms with E-state index in [9.17, 15) is 33.8 Å². The monoisotopic (exact) mass is 604 g/mol. The SMILES string of the molecule is O=C(S)C(OC(F)(F)C(Br)Br)c1c([N+](=O)[O-])cc(I)cc1[N+](=O)[O-]. The second-order valence-corrected chi connectivity index (χ2v) is 8.82. The van der Waals surface area contributed by atoms with Crippen molar-refractivity contribution in [2.45, 2.75) is 15.9 Å². The summed E-state index contributed by atoms with van der Waals surface area (Å²) in [6.45, 7) is 0. The standard InChI is InChI=1S/C10H5Br2F2IN2O6S/c11-9(12)10(13,14)23-7(8(18)24)6-4(16(19)20)1-3(15)2-5(6)17(21)22/h1-2,7,9H,(H,18,24). The van der Waals surface area contributed by atoms with Crippen LogP contribution in [0.5, 0.6) is 0 Å². The molecule has 14 heteroatoms. The molecular formula is C10H5Br2F2IN2O6S. The Morgan fingerprint density at radius 1 is 1.25 bits per heavy atom. The number of thiol groups is 1. The predicted molar refractivity (Wildman–Crippen MR) is 96.9 cm³/mol. The van der Waals surface area contributed by atoms with E-state index in [0.29, 0.717) is 0 Å². The molecule has 8 nitrogen and oxygen atoms in total. The van der Waals surface area contributed by atoms with Crippen molar-refractivity contribution >= 4 is 83.6 Å². The van der Waals surface area contributed by atoms with Gasteiger partial charge in [0.05, 0.1) is 9.85 Å². The summed E-state index contributed by atoms with van der Waals surface area (Å²) >= 11 is 9.92. The van der Waals surface area contributed by atoms with Gasteiger partial charge in [-0.3, -0.25) is 25.0 Å². The maximum atomic E-state index is 13.7. The van der Waals surface area contributed by atoms with Crippen LogP contribution in [0.4, 0.5) is 20.2 Å². The second kappa shape index (κ2) is 8.29. The third-order valence-corrected chi connectivity index (χ3v) is 4.43. The number of nitro groups is 2. The molecule has 0 spiro atoms. The zero-order chi connectivity index (χ0) is 18.8. The average molecular weight is 606 g/mol. The summed E-state index contributed by atoms with van der Waals surface area (Å²) < 4.78 is 30.1. The highest BCUT2D eigenvalue weighted by Crippen LogP contribution is 2.43. The molecule has 1 rings (SSSR count). The molecule has 0 bridgehead atoms. The highest BCUT2D eigenvalue weighted by atomic mass is 127. The van der Waals surface area contributed by atoms with Gasteiger partial charge in [-0.15, -0.1) is 12.6 Å². The number of hydrogen-bond donors (Lipinski definition) is 1. The van der Waals surface area contributed by atoms with E-state index in [1.807, 2.05) is 0 Å². The van der Waals surface area contributed by atoms with Gasteiger partial charge in [0.1, 0.15) is 5.56 Å². The van der Waals surface area contributed by atoms with Crippen molar-refractivity contribution in [3.05, 3.63) is 41.5 Å². The zero-order valence-electron chi connectivity index (χ0n) is 11.0. The smallest absolute Gasteiger partial charge is 0.301 e. The number of ether oxygens (including phenoxy) is 1. The van der Waals surface area contributed by atoms with Gasteiger partial charge in [-0.1, -0.05) is 31.9 Å². The van der Waals surface area contributed by atoms with Crippen molar-refractivity contribution in [2.75, 3.05) is 0 Å². The van der Waals surface area contributed by atoms with Crippen LogP contribution in [-0.4, -0.2) is 24.8 Å². The molecule has 0 saturated heterocycles. The van der Waals surface area contributed by atoms with Gasteiger partial charge in [-0.05, 0) is 22.6 Å². The molecule has 0 N–H and O–H groups in total. The zero-order valence-corrected chi connectivity index (χ0v) is 17.2. The topological polar surface area (TPSA) is 113 Å². The third-order valence-electron chi connectivity index (χ3n) is 2.51. The number of carbonyl (C=O) groups is 1. The fraction of sp³-hybridized carbons (Fsp3) is 0.300. The summed E-state index contributed by atoms with van der Waals surface area (Å²) in [7, 11) is 0. The lowest BCUT2D eigenvalue weighted by molar-refractivity contribution is -0.397. The molecule has 0 amide bonds. The summed E-state index contributed by atoms with van der Waals surface area (Å²) in [4.78, 5) is 31.9. The number of halogens is 5. The Balaban J connectivity index is 3.67. The third kappa shape index (κ3) is 5.03. The Labute approximate surface area is 168 Å². The van der Waals surface area contributed by atoms with Crippen LogP contribution in [0.2, 0.25) is 0 Å². The Hall–Kier alpha value is -0.450. The van der Waals surface area contributed by atoms with Crippen molar-refractivity contribution in [2.24, 2.45) is 0 Å². The van der Waals surface area contributed by atoms with E-state index in [-0.39, 0.29) is 3.57 Å². The molecule has 0 aliphatic heterocycles. The molecule has 1 aromatic rings. The fourth-order valence-corrected chi connectivity index (χ4v) is 2.59. The van der Waals surface area contributed by atoms with Crippen LogP contribution >= 0.6 is 67.1 Å². The molecule has 0 aliphatic rings. The molecule has 1 atom stereocenters. The molecule has 0 fully saturated rings. The maximum absolute atomic E-state index is 13.7. The lowest BCUT2D eigenvalue weighted by Crippen LogP contribution is -2.32. The summed E-state index contributed by atoms with van der Waals surface area (Å²) in [5, 5.41) is 21.0. The molecule has 0 aliphatic carbocycles. The number of rotatable bonds is 7. The molecule has 0 radical (unpaired) electrons. The quantitative estimate of drug-likeness (QED) is 0.163. The van der Waals surface area contributed by atoms with Crippen molar-refractivity contribution in [1.29, 1.82) is 0 Å². The van der Waals surface area contributed by atoms with Crippen LogP contribution in [0, 0.1) is 23.8 Å². The number of benzene rings is 1. The number of alkyl halides is 4. The summed E-state index contributed by atoms with van der Waals surface area (Å²) in [5.41, 5.74) is -2.72. The van der Waals surface area contributed by atoms with E-state index in [1.54, 1.807) is 22.6 Å². The number of hydrogen-bond acceptors (Lipinski definition) is 6. The molecule has 1 aromatic carbocycles. The first kappa shape index (κ1) is 21.6. The Bertz CT molecular complexity index is 673. The number of nitrogens with zero attached hydrogens (tertiary/aromatic N) is 2. The van der Waals surface area contributed by atoms with E-state index >= 15 is 0 Å². The van der Waals surface area contributed by atoms with Crippen LogP contribution < -0.4 is 0 Å². The minimum absolute atomic E-state index is 0.103. The van der Waals surface area contributed by atoms with Crippen LogP contribution in [0.25, 0.3) is 0 Å². The summed E-state index contributed by atoms with van der Waals surface area (Å²) in [5.74, 6) is 0. The lowest BCUT2D eigenvalue weighted by Gasteiger charge is -2.23. The summed E-state index contributed by atoms with van der Waals surface area (Å²) in [6.07, 6.45) is -6.35. The lowest BCUT2D eigenvalue weighted by atomic mass is 10.1. The van der Waals surface area contributed by atoms with Crippen molar-refractivity contribution in [3.8, 4) is 0 Å². The van der Waals surface area contributed by atoms with E-state index in [0.717, 1.165) is 12.1 Å². The maximum Gasteiger partial charge on any atom is 0.379 e. The Morgan fingerprint density at radius 3 is 1.96 bits per heavy atom. The fourth-order valence-electron chi connectivity index (χ4n) is 1.60. The Morgan fingerprint density at radius 2 is 1.67 bits per heavy atom. The minimum Gasteiger partial charge on any atom is -0.301 e. The van der Waals surface area contributed by atoms with Gasteiger partial charge in [0.2, 0.25) is 5.12 Å². The van der Waals surface area contributed by atoms with Gasteiger partial charge in [0.25, 0.3) is 11.4 Å². The van der Waals surface area contributed by atoms with Crippen LogP contribution in [0.15, 0.2) is 12.1 Å². The molecule has 24 heavy (non-hydrogen) atoms. The van der Waals surface area contributed by atoms with Crippen LogP contribution in [0.3, 0.4) is 0 Å². The van der Waals surface area contributed by atoms with Crippen LogP contribution in [-0.2, 0) is 9.53 Å². The van der Waals surface area contributed by atoms with Crippen molar-refractivity contribution < 1.29 is 28.2 Å². The van der Waals surface area contributed by atoms with Crippen molar-refractivity contribution in [3.63, 3.8) is 0 Å². The van der Waals surface area contributed by atoms with Crippen molar-refractivity contribution in [1.82, 2.24) is 0 Å². The number of nitro benzene ring substituents is 2. The first-order valence-electron chi connectivity index (χ1n) is 5.57. The van der Waals surface area contributed by atoms with Gasteiger partial charge in [0, 0.05) is 15.7 Å². The van der Waals surface area contributed by atoms with Gasteiger partial charge in [0.15, 0.2) is 9.84 Å². The second-order valence-electron chi connectivity index (χ2n) is 4.07. The molecule has 132 valence electrons. The van der Waals surface area contributed by atoms with Crippen LogP contribution in [0.1, 0.15) is 11.7 Å². The van der Waals surface area contributed by atoms with E-state index in [2.05, 4.69) is 49.2 Å². The van der Waals surface area contributed by atoms with Gasteiger partial charge in [-0.25, -0.2) is 0 Å². The van der Waals surface area contributed by atoms with E-state index in [1.165, 1.54) is 0 Å². The predicted octanol–water partition coefficient (Wildman–Crippen LogP) is 4.33. The Kier molecular flexibility index (Phi) is 7.46.